The zero-order valence-corrected chi connectivity index (χ0v) is 9.87. The molecule has 1 radical (unpaired) electrons. The number of amides is 1. The van der Waals surface area contributed by atoms with Gasteiger partial charge in [-0.15, -0.1) is 0 Å². The molecule has 0 saturated heterocycles. The van der Waals surface area contributed by atoms with Crippen LogP contribution < -0.4 is 5.32 Å². The molecule has 0 fully saturated rings. The fourth-order valence-electron chi connectivity index (χ4n) is 1.22. The van der Waals surface area contributed by atoms with E-state index in [1.807, 2.05) is 24.3 Å². The van der Waals surface area contributed by atoms with E-state index in [1.54, 1.807) is 6.29 Å². The predicted octanol–water partition coefficient (Wildman–Crippen LogP) is 1.61. The first-order valence-corrected chi connectivity index (χ1v) is 5.30. The topological polar surface area (TPSA) is 46.2 Å². The van der Waals surface area contributed by atoms with E-state index in [1.165, 1.54) is 6.92 Å². The number of nitrogens with one attached hydrogen (secondary N) is 1. The van der Waals surface area contributed by atoms with Crippen molar-refractivity contribution in [1.29, 1.82) is 0 Å². The highest BCUT2D eigenvalue weighted by atomic mass is 79.9. The quantitative estimate of drug-likeness (QED) is 0.902. The van der Waals surface area contributed by atoms with Gasteiger partial charge in [-0.2, -0.15) is 0 Å². The lowest BCUT2D eigenvalue weighted by Gasteiger charge is -2.10. The van der Waals surface area contributed by atoms with Gasteiger partial charge in [0, 0.05) is 17.8 Å². The van der Waals surface area contributed by atoms with E-state index in [9.17, 15) is 9.59 Å². The molecule has 0 aromatic heterocycles. The van der Waals surface area contributed by atoms with Crippen LogP contribution in [0.15, 0.2) is 28.7 Å². The first-order chi connectivity index (χ1) is 7.11. The van der Waals surface area contributed by atoms with Crippen LogP contribution in [0.3, 0.4) is 0 Å². The zero-order valence-electron chi connectivity index (χ0n) is 8.29. The number of carbonyl (C=O) groups excluding carboxylic acids is 2. The molecule has 0 spiro atoms. The van der Waals surface area contributed by atoms with Gasteiger partial charge in [0.15, 0.2) is 0 Å². The lowest BCUT2D eigenvalue weighted by atomic mass is 10.1. The third-order valence-electron chi connectivity index (χ3n) is 1.87. The Balaban J connectivity index is 2.62. The Hall–Kier alpha value is -1.16. The Labute approximate surface area is 97.0 Å². The molecule has 1 rings (SSSR count). The molecule has 0 saturated carbocycles. The van der Waals surface area contributed by atoms with Gasteiger partial charge in [-0.05, 0) is 17.7 Å². The second-order valence-corrected chi connectivity index (χ2v) is 4.12. The van der Waals surface area contributed by atoms with Crippen molar-refractivity contribution in [3.05, 3.63) is 34.3 Å². The minimum Gasteiger partial charge on any atom is -0.346 e. The van der Waals surface area contributed by atoms with Crippen molar-refractivity contribution >= 4 is 28.1 Å². The van der Waals surface area contributed by atoms with Gasteiger partial charge in [0.2, 0.25) is 12.2 Å². The van der Waals surface area contributed by atoms with Gasteiger partial charge in [0.25, 0.3) is 0 Å². The molecule has 79 valence electrons. The van der Waals surface area contributed by atoms with Crippen LogP contribution in [0, 0.1) is 0 Å². The van der Waals surface area contributed by atoms with Gasteiger partial charge in [-0.1, -0.05) is 28.1 Å². The van der Waals surface area contributed by atoms with Gasteiger partial charge < -0.3 is 5.32 Å². The second-order valence-electron chi connectivity index (χ2n) is 3.20. The molecule has 1 aromatic carbocycles. The third kappa shape index (κ3) is 4.25. The molecule has 1 N–H and O–H groups in total. The van der Waals surface area contributed by atoms with Crippen molar-refractivity contribution in [1.82, 2.24) is 5.32 Å². The molecule has 1 atom stereocenters. The van der Waals surface area contributed by atoms with Crippen LogP contribution in [0.1, 0.15) is 12.5 Å². The highest BCUT2D eigenvalue weighted by molar-refractivity contribution is 9.10. The molecule has 0 aliphatic heterocycles. The van der Waals surface area contributed by atoms with Gasteiger partial charge >= 0.3 is 0 Å². The highest BCUT2D eigenvalue weighted by Crippen LogP contribution is 2.11. The molecule has 1 aromatic rings. The standard InChI is InChI=1S/C11H11BrNO2/c1-8(15)13-11(7-14)6-9-2-4-10(12)5-3-9/h2-5,11H,6H2,1H3,(H,13,15)/t11-/m0/s1. The molecular weight excluding hydrogens is 258 g/mol. The summed E-state index contributed by atoms with van der Waals surface area (Å²) in [5.41, 5.74) is 0.986. The van der Waals surface area contributed by atoms with E-state index in [2.05, 4.69) is 21.2 Å². The van der Waals surface area contributed by atoms with Crippen molar-refractivity contribution in [3.63, 3.8) is 0 Å². The maximum atomic E-state index is 10.8. The molecule has 1 amide bonds. The Morgan fingerprint density at radius 1 is 1.47 bits per heavy atom. The van der Waals surface area contributed by atoms with Gasteiger partial charge in [0.1, 0.15) is 0 Å². The average Bonchev–Trinajstić information content (AvgIpc) is 2.19. The maximum absolute atomic E-state index is 10.8. The summed E-state index contributed by atoms with van der Waals surface area (Å²) < 4.78 is 0.984. The molecule has 4 heteroatoms. The Morgan fingerprint density at radius 3 is 2.53 bits per heavy atom. The van der Waals surface area contributed by atoms with Gasteiger partial charge in [0.05, 0.1) is 6.04 Å². The highest BCUT2D eigenvalue weighted by Gasteiger charge is 2.10. The molecule has 15 heavy (non-hydrogen) atoms. The van der Waals surface area contributed by atoms with Crippen LogP contribution >= 0.6 is 15.9 Å². The fraction of sp³-hybridized carbons (Fsp3) is 0.273. The molecule has 3 nitrogen and oxygen atoms in total. The summed E-state index contributed by atoms with van der Waals surface area (Å²) in [7, 11) is 0. The predicted molar refractivity (Wildman–Crippen MR) is 61.1 cm³/mol. The van der Waals surface area contributed by atoms with Gasteiger partial charge in [-0.3, -0.25) is 9.59 Å². The molecule has 0 heterocycles. The number of hydrogen-bond acceptors (Lipinski definition) is 2. The summed E-state index contributed by atoms with van der Waals surface area (Å²) in [6, 6.07) is 7.02. The summed E-state index contributed by atoms with van der Waals surface area (Å²) >= 11 is 3.32. The normalized spacial score (nSPS) is 11.9. The Morgan fingerprint density at radius 2 is 2.07 bits per heavy atom. The number of benzene rings is 1. The van der Waals surface area contributed by atoms with E-state index in [4.69, 9.17) is 0 Å². The number of carbonyl (C=O) groups is 1. The van der Waals surface area contributed by atoms with Crippen molar-refractivity contribution in [2.75, 3.05) is 0 Å². The van der Waals surface area contributed by atoms with E-state index < -0.39 is 6.04 Å². The smallest absolute Gasteiger partial charge is 0.223 e. The number of hydrogen-bond donors (Lipinski definition) is 1. The van der Waals surface area contributed by atoms with Crippen molar-refractivity contribution < 1.29 is 9.59 Å². The first-order valence-electron chi connectivity index (χ1n) is 4.51. The van der Waals surface area contributed by atoms with Crippen LogP contribution in [0.4, 0.5) is 0 Å². The first kappa shape index (κ1) is 11.9. The lowest BCUT2D eigenvalue weighted by Crippen LogP contribution is -2.35. The van der Waals surface area contributed by atoms with Crippen LogP contribution in [0.5, 0.6) is 0 Å². The molecule has 0 unspecified atom stereocenters. The van der Waals surface area contributed by atoms with E-state index >= 15 is 0 Å². The number of rotatable bonds is 4. The van der Waals surface area contributed by atoms with E-state index in [0.717, 1.165) is 10.0 Å². The fourth-order valence-corrected chi connectivity index (χ4v) is 1.49. The number of halogens is 1. The second kappa shape index (κ2) is 5.66. The van der Waals surface area contributed by atoms with Crippen LogP contribution in [-0.4, -0.2) is 18.2 Å². The summed E-state index contributed by atoms with van der Waals surface area (Å²) in [5, 5.41) is 2.52. The summed E-state index contributed by atoms with van der Waals surface area (Å²) in [5.74, 6) is -0.222. The largest absolute Gasteiger partial charge is 0.346 e. The van der Waals surface area contributed by atoms with Crippen molar-refractivity contribution in [2.24, 2.45) is 0 Å². The molecule has 0 aliphatic rings. The van der Waals surface area contributed by atoms with Crippen molar-refractivity contribution in [3.8, 4) is 0 Å². The zero-order chi connectivity index (χ0) is 11.3. The summed E-state index contributed by atoms with van der Waals surface area (Å²) in [6.07, 6.45) is 2.27. The van der Waals surface area contributed by atoms with Gasteiger partial charge in [-0.25, -0.2) is 0 Å². The minimum atomic E-state index is -0.566. The van der Waals surface area contributed by atoms with E-state index in [-0.39, 0.29) is 5.91 Å². The summed E-state index contributed by atoms with van der Waals surface area (Å²) in [4.78, 5) is 21.3. The van der Waals surface area contributed by atoms with Crippen LogP contribution in [0.25, 0.3) is 0 Å². The van der Waals surface area contributed by atoms with Crippen LogP contribution in [0.2, 0.25) is 0 Å². The SMILES string of the molecule is CC(=O)N[C@H]([C]=O)Cc1ccc(Br)cc1. The molecular formula is C11H11BrNO2. The van der Waals surface area contributed by atoms with Crippen LogP contribution in [-0.2, 0) is 16.0 Å². The third-order valence-corrected chi connectivity index (χ3v) is 2.40. The Bertz CT molecular complexity index is 348. The lowest BCUT2D eigenvalue weighted by molar-refractivity contribution is -0.119. The molecule has 0 aliphatic carbocycles. The Kier molecular flexibility index (Phi) is 4.49. The average molecular weight is 269 g/mol. The van der Waals surface area contributed by atoms with E-state index in [0.29, 0.717) is 6.42 Å². The minimum absolute atomic E-state index is 0.222. The molecule has 0 bridgehead atoms. The summed E-state index contributed by atoms with van der Waals surface area (Å²) in [6.45, 7) is 1.38. The monoisotopic (exact) mass is 268 g/mol. The van der Waals surface area contributed by atoms with Crippen molar-refractivity contribution in [2.45, 2.75) is 19.4 Å². The maximum Gasteiger partial charge on any atom is 0.223 e.